The van der Waals surface area contributed by atoms with Gasteiger partial charge in [0, 0.05) is 42.0 Å². The molecule has 0 radical (unpaired) electrons. The summed E-state index contributed by atoms with van der Waals surface area (Å²) >= 11 is 8.30. The van der Waals surface area contributed by atoms with Crippen molar-refractivity contribution < 1.29 is 4.79 Å². The number of halogens is 1. The van der Waals surface area contributed by atoms with Crippen LogP contribution in [0.1, 0.15) is 52.4 Å². The summed E-state index contributed by atoms with van der Waals surface area (Å²) in [5, 5.41) is 1.44. The van der Waals surface area contributed by atoms with Crippen molar-refractivity contribution in [3.05, 3.63) is 118 Å². The Balaban J connectivity index is 1.45. The zero-order valence-corrected chi connectivity index (χ0v) is 23.8. The Kier molecular flexibility index (Phi) is 7.66. The summed E-state index contributed by atoms with van der Waals surface area (Å²) in [6, 6.07) is 24.0. The first-order valence-corrected chi connectivity index (χ1v) is 14.8. The zero-order chi connectivity index (χ0) is 27.5. The van der Waals surface area contributed by atoms with Crippen LogP contribution in [-0.4, -0.2) is 36.9 Å². The molecule has 6 rings (SSSR count). The van der Waals surface area contributed by atoms with Crippen LogP contribution in [0.2, 0.25) is 5.02 Å². The molecule has 6 aromatic rings. The molecule has 3 aromatic heterocycles. The average Bonchev–Trinajstić information content (AvgIpc) is 3.72. The Hall–Kier alpha value is -3.94. The van der Waals surface area contributed by atoms with Crippen LogP contribution >= 0.6 is 22.9 Å². The zero-order valence-electron chi connectivity index (χ0n) is 22.3. The number of H-pyrrole nitrogens is 1. The second kappa shape index (κ2) is 11.7. The molecule has 0 aliphatic carbocycles. The molecule has 6 nitrogen and oxygen atoms in total. The van der Waals surface area contributed by atoms with E-state index in [9.17, 15) is 4.79 Å². The Bertz CT molecular complexity index is 1720. The van der Waals surface area contributed by atoms with Gasteiger partial charge in [0.2, 0.25) is 0 Å². The first-order chi connectivity index (χ1) is 19.6. The number of fused-ring (bicyclic) bond motifs is 2. The number of thiophene rings is 1. The lowest BCUT2D eigenvalue weighted by molar-refractivity contribution is 0.0669. The van der Waals surface area contributed by atoms with Gasteiger partial charge in [-0.1, -0.05) is 79.5 Å². The molecule has 40 heavy (non-hydrogen) atoms. The fourth-order valence-corrected chi connectivity index (χ4v) is 6.66. The van der Waals surface area contributed by atoms with Crippen LogP contribution in [0, 0.1) is 0 Å². The minimum atomic E-state index is -0.309. The largest absolute Gasteiger partial charge is 0.340 e. The van der Waals surface area contributed by atoms with Gasteiger partial charge in [-0.25, -0.2) is 9.97 Å². The molecule has 1 amide bonds. The molecule has 3 aromatic carbocycles. The van der Waals surface area contributed by atoms with Crippen molar-refractivity contribution in [2.24, 2.45) is 0 Å². The smallest absolute Gasteiger partial charge is 0.266 e. The SMILES string of the molecule is CCCCN(C(=O)c1sc2ccccc2c1Cl)C(Cc1ccccc1Cn1ccnc1)c1nc2ccccc2[nH]1. The molecule has 1 atom stereocenters. The summed E-state index contributed by atoms with van der Waals surface area (Å²) in [6.45, 7) is 3.45. The Morgan fingerprint density at radius 1 is 1.05 bits per heavy atom. The number of nitrogens with one attached hydrogen (secondary N) is 1. The van der Waals surface area contributed by atoms with Gasteiger partial charge in [-0.3, -0.25) is 4.79 Å². The number of carbonyl (C=O) groups excluding carboxylic acids is 1. The molecule has 0 bridgehead atoms. The number of carbonyl (C=O) groups is 1. The summed E-state index contributed by atoms with van der Waals surface area (Å²) in [7, 11) is 0. The van der Waals surface area contributed by atoms with Crippen molar-refractivity contribution in [2.45, 2.75) is 38.8 Å². The molecule has 202 valence electrons. The number of benzene rings is 3. The van der Waals surface area contributed by atoms with Crippen molar-refractivity contribution >= 4 is 50.0 Å². The van der Waals surface area contributed by atoms with Crippen LogP contribution in [-0.2, 0) is 13.0 Å². The second-order valence-corrected chi connectivity index (χ2v) is 11.4. The fraction of sp³-hybridized carbons (Fsp3) is 0.219. The summed E-state index contributed by atoms with van der Waals surface area (Å²) < 4.78 is 3.07. The van der Waals surface area contributed by atoms with Crippen LogP contribution in [0.4, 0.5) is 0 Å². The predicted octanol–water partition coefficient (Wildman–Crippen LogP) is 7.90. The lowest BCUT2D eigenvalue weighted by atomic mass is 9.98. The van der Waals surface area contributed by atoms with Gasteiger partial charge in [-0.2, -0.15) is 0 Å². The maximum Gasteiger partial charge on any atom is 0.266 e. The number of para-hydroxylation sites is 2. The minimum Gasteiger partial charge on any atom is -0.340 e. The maximum absolute atomic E-state index is 14.4. The third-order valence-corrected chi connectivity index (χ3v) is 8.95. The van der Waals surface area contributed by atoms with Crippen LogP contribution in [0.5, 0.6) is 0 Å². The highest BCUT2D eigenvalue weighted by molar-refractivity contribution is 7.21. The Morgan fingerprint density at radius 2 is 1.82 bits per heavy atom. The second-order valence-electron chi connectivity index (χ2n) is 9.96. The molecule has 0 fully saturated rings. The highest BCUT2D eigenvalue weighted by Crippen LogP contribution is 2.38. The number of nitrogens with zero attached hydrogens (tertiary/aromatic N) is 4. The minimum absolute atomic E-state index is 0.0582. The summed E-state index contributed by atoms with van der Waals surface area (Å²) in [5.41, 5.74) is 4.19. The van der Waals surface area contributed by atoms with Gasteiger partial charge in [0.05, 0.1) is 28.4 Å². The van der Waals surface area contributed by atoms with E-state index >= 15 is 0 Å². The van der Waals surface area contributed by atoms with Crippen molar-refractivity contribution in [2.75, 3.05) is 6.54 Å². The van der Waals surface area contributed by atoms with Crippen LogP contribution in [0.3, 0.4) is 0 Å². The molecule has 3 heterocycles. The summed E-state index contributed by atoms with van der Waals surface area (Å²) in [6.07, 6.45) is 8.04. The van der Waals surface area contributed by atoms with E-state index < -0.39 is 0 Å². The van der Waals surface area contributed by atoms with Gasteiger partial charge in [-0.05, 0) is 35.7 Å². The number of unbranched alkanes of at least 4 members (excludes halogenated alkanes) is 1. The topological polar surface area (TPSA) is 66.8 Å². The number of aromatic amines is 1. The van der Waals surface area contributed by atoms with E-state index in [1.165, 1.54) is 22.5 Å². The lowest BCUT2D eigenvalue weighted by Crippen LogP contribution is -2.37. The molecule has 0 aliphatic rings. The van der Waals surface area contributed by atoms with Gasteiger partial charge in [-0.15, -0.1) is 11.3 Å². The molecule has 0 saturated heterocycles. The molecular weight excluding hydrogens is 538 g/mol. The number of hydrogen-bond acceptors (Lipinski definition) is 4. The molecule has 1 unspecified atom stereocenters. The Morgan fingerprint density at radius 3 is 2.60 bits per heavy atom. The Labute approximate surface area is 242 Å². The van der Waals surface area contributed by atoms with Crippen molar-refractivity contribution in [3.63, 3.8) is 0 Å². The van der Waals surface area contributed by atoms with Crippen LogP contribution < -0.4 is 0 Å². The molecule has 0 saturated carbocycles. The maximum atomic E-state index is 14.4. The number of imidazole rings is 2. The van der Waals surface area contributed by atoms with E-state index in [1.807, 2.05) is 66.0 Å². The van der Waals surface area contributed by atoms with E-state index in [2.05, 4.69) is 45.7 Å². The number of aromatic nitrogens is 4. The molecule has 1 N–H and O–H groups in total. The van der Waals surface area contributed by atoms with E-state index in [4.69, 9.17) is 16.6 Å². The van der Waals surface area contributed by atoms with Crippen molar-refractivity contribution in [1.29, 1.82) is 0 Å². The highest BCUT2D eigenvalue weighted by atomic mass is 35.5. The van der Waals surface area contributed by atoms with Gasteiger partial charge in [0.15, 0.2) is 0 Å². The summed E-state index contributed by atoms with van der Waals surface area (Å²) in [4.78, 5) is 29.7. The number of amides is 1. The quantitative estimate of drug-likeness (QED) is 0.183. The van der Waals surface area contributed by atoms with Crippen molar-refractivity contribution in [1.82, 2.24) is 24.4 Å². The monoisotopic (exact) mass is 567 g/mol. The van der Waals surface area contributed by atoms with E-state index in [-0.39, 0.29) is 11.9 Å². The molecule has 8 heteroatoms. The van der Waals surface area contributed by atoms with Gasteiger partial charge >= 0.3 is 0 Å². The van der Waals surface area contributed by atoms with E-state index in [1.54, 1.807) is 6.20 Å². The van der Waals surface area contributed by atoms with Gasteiger partial charge in [0.25, 0.3) is 5.91 Å². The predicted molar refractivity (Wildman–Crippen MR) is 163 cm³/mol. The van der Waals surface area contributed by atoms with E-state index in [0.29, 0.717) is 29.4 Å². The van der Waals surface area contributed by atoms with E-state index in [0.717, 1.165) is 39.8 Å². The average molecular weight is 568 g/mol. The van der Waals surface area contributed by atoms with Crippen LogP contribution in [0.25, 0.3) is 21.1 Å². The van der Waals surface area contributed by atoms with Gasteiger partial charge in [0.1, 0.15) is 10.7 Å². The molecular formula is C32H30ClN5OS. The number of hydrogen-bond donors (Lipinski definition) is 1. The standard InChI is InChI=1S/C32H30ClN5OS/c1-2-3-17-38(32(39)30-29(33)24-12-6-9-15-28(24)40-30)27(31-35-25-13-7-8-14-26(25)36-31)19-22-10-4-5-11-23(22)20-37-18-16-34-21-37/h4-16,18,21,27H,2-3,17,19-20H2,1H3,(H,35,36). The third kappa shape index (κ3) is 5.27. The summed E-state index contributed by atoms with van der Waals surface area (Å²) in [5.74, 6) is 0.720. The first kappa shape index (κ1) is 26.3. The first-order valence-electron chi connectivity index (χ1n) is 13.6. The third-order valence-electron chi connectivity index (χ3n) is 7.29. The lowest BCUT2D eigenvalue weighted by Gasteiger charge is -2.31. The van der Waals surface area contributed by atoms with Crippen molar-refractivity contribution in [3.8, 4) is 0 Å². The normalized spacial score (nSPS) is 12.2. The number of rotatable bonds is 10. The highest BCUT2D eigenvalue weighted by Gasteiger charge is 2.31. The van der Waals surface area contributed by atoms with Crippen LogP contribution in [0.15, 0.2) is 91.5 Å². The fourth-order valence-electron chi connectivity index (χ4n) is 5.19. The molecule has 0 spiro atoms. The molecule has 0 aliphatic heterocycles. The van der Waals surface area contributed by atoms with Gasteiger partial charge < -0.3 is 14.5 Å².